The number of hydrogen-bond acceptors (Lipinski definition) is 4. The molecule has 1 saturated heterocycles. The lowest BCUT2D eigenvalue weighted by atomic mass is 9.96. The molecule has 0 spiro atoms. The SMILES string of the molecule is Cn1cnn(CC(=O)NCC2CCN(Cc3ccccc3)CC2)c1=O. The highest BCUT2D eigenvalue weighted by Gasteiger charge is 2.20. The van der Waals surface area contributed by atoms with Crippen molar-refractivity contribution in [2.24, 2.45) is 13.0 Å². The first kappa shape index (κ1) is 17.4. The standard InChI is InChI=1S/C18H25N5O2/c1-21-14-20-23(18(21)25)13-17(24)19-11-15-7-9-22(10-8-15)12-16-5-3-2-4-6-16/h2-6,14-15H,7-13H2,1H3,(H,19,24). The lowest BCUT2D eigenvalue weighted by molar-refractivity contribution is -0.122. The van der Waals surface area contributed by atoms with Crippen molar-refractivity contribution in [3.05, 3.63) is 52.7 Å². The van der Waals surface area contributed by atoms with Gasteiger partial charge in [0.1, 0.15) is 12.9 Å². The van der Waals surface area contributed by atoms with E-state index in [-0.39, 0.29) is 18.1 Å². The number of carbonyl (C=O) groups excluding carboxylic acids is 1. The highest BCUT2D eigenvalue weighted by atomic mass is 16.2. The Bertz CT molecular complexity index is 744. The van der Waals surface area contributed by atoms with Gasteiger partial charge in [-0.05, 0) is 37.4 Å². The van der Waals surface area contributed by atoms with E-state index in [1.807, 2.05) is 6.07 Å². The number of rotatable bonds is 6. The zero-order valence-corrected chi connectivity index (χ0v) is 14.6. The molecule has 7 nitrogen and oxygen atoms in total. The Hall–Kier alpha value is -2.41. The van der Waals surface area contributed by atoms with Gasteiger partial charge in [0.2, 0.25) is 5.91 Å². The van der Waals surface area contributed by atoms with Crippen molar-refractivity contribution >= 4 is 5.91 Å². The molecule has 1 N–H and O–H groups in total. The summed E-state index contributed by atoms with van der Waals surface area (Å²) in [5.74, 6) is 0.337. The Morgan fingerprint density at radius 3 is 2.60 bits per heavy atom. The first-order chi connectivity index (χ1) is 12.1. The fourth-order valence-corrected chi connectivity index (χ4v) is 3.17. The highest BCUT2D eigenvalue weighted by molar-refractivity contribution is 5.75. The molecule has 0 atom stereocenters. The second-order valence-electron chi connectivity index (χ2n) is 6.69. The number of nitrogens with one attached hydrogen (secondary N) is 1. The van der Waals surface area contributed by atoms with Crippen molar-refractivity contribution < 1.29 is 4.79 Å². The third kappa shape index (κ3) is 4.79. The van der Waals surface area contributed by atoms with Crippen LogP contribution in [0.1, 0.15) is 18.4 Å². The lowest BCUT2D eigenvalue weighted by Crippen LogP contribution is -2.40. The minimum Gasteiger partial charge on any atom is -0.354 e. The summed E-state index contributed by atoms with van der Waals surface area (Å²) in [4.78, 5) is 26.1. The summed E-state index contributed by atoms with van der Waals surface area (Å²) in [6, 6.07) is 10.5. The van der Waals surface area contributed by atoms with E-state index in [2.05, 4.69) is 39.6 Å². The number of nitrogens with zero attached hydrogens (tertiary/aromatic N) is 4. The predicted octanol–water partition coefficient (Wildman–Crippen LogP) is 0.610. The molecule has 7 heteroatoms. The number of carbonyl (C=O) groups is 1. The van der Waals surface area contributed by atoms with Gasteiger partial charge in [0.25, 0.3) is 0 Å². The van der Waals surface area contributed by atoms with Crippen LogP contribution in [0.4, 0.5) is 0 Å². The van der Waals surface area contributed by atoms with Crippen LogP contribution in [0.3, 0.4) is 0 Å². The van der Waals surface area contributed by atoms with Crippen LogP contribution in [0.2, 0.25) is 0 Å². The van der Waals surface area contributed by atoms with Gasteiger partial charge < -0.3 is 5.32 Å². The number of aromatic nitrogens is 3. The molecule has 0 aliphatic carbocycles. The maximum Gasteiger partial charge on any atom is 0.345 e. The second kappa shape index (κ2) is 8.11. The van der Waals surface area contributed by atoms with E-state index in [4.69, 9.17) is 0 Å². The van der Waals surface area contributed by atoms with Crippen LogP contribution >= 0.6 is 0 Å². The topological polar surface area (TPSA) is 72.2 Å². The molecule has 134 valence electrons. The molecule has 1 fully saturated rings. The van der Waals surface area contributed by atoms with Crippen LogP contribution in [0.5, 0.6) is 0 Å². The van der Waals surface area contributed by atoms with Crippen molar-refractivity contribution in [1.29, 1.82) is 0 Å². The summed E-state index contributed by atoms with van der Waals surface area (Å²) < 4.78 is 2.54. The first-order valence-electron chi connectivity index (χ1n) is 8.73. The fourth-order valence-electron chi connectivity index (χ4n) is 3.17. The number of likely N-dealkylation sites (tertiary alicyclic amines) is 1. The molecule has 1 amide bonds. The predicted molar refractivity (Wildman–Crippen MR) is 94.9 cm³/mol. The summed E-state index contributed by atoms with van der Waals surface area (Å²) in [5, 5.41) is 6.83. The van der Waals surface area contributed by atoms with Gasteiger partial charge >= 0.3 is 5.69 Å². The zero-order valence-electron chi connectivity index (χ0n) is 14.6. The Morgan fingerprint density at radius 1 is 1.24 bits per heavy atom. The monoisotopic (exact) mass is 343 g/mol. The molecule has 2 heterocycles. The van der Waals surface area contributed by atoms with Gasteiger partial charge in [-0.1, -0.05) is 30.3 Å². The Labute approximate surface area is 147 Å². The Balaban J connectivity index is 1.38. The normalized spacial score (nSPS) is 16.0. The maximum atomic E-state index is 12.0. The van der Waals surface area contributed by atoms with Crippen LogP contribution in [0.15, 0.2) is 41.5 Å². The van der Waals surface area contributed by atoms with Gasteiger partial charge in [-0.2, -0.15) is 5.10 Å². The van der Waals surface area contributed by atoms with Crippen molar-refractivity contribution in [2.75, 3.05) is 19.6 Å². The van der Waals surface area contributed by atoms with E-state index in [1.54, 1.807) is 7.05 Å². The zero-order chi connectivity index (χ0) is 17.6. The number of benzene rings is 1. The van der Waals surface area contributed by atoms with Gasteiger partial charge in [-0.15, -0.1) is 0 Å². The van der Waals surface area contributed by atoms with Crippen LogP contribution in [0.25, 0.3) is 0 Å². The van der Waals surface area contributed by atoms with Crippen LogP contribution < -0.4 is 11.0 Å². The Morgan fingerprint density at radius 2 is 1.96 bits per heavy atom. The summed E-state index contributed by atoms with van der Waals surface area (Å²) in [5.41, 5.74) is 1.07. The molecule has 0 unspecified atom stereocenters. The minimum atomic E-state index is -0.274. The van der Waals surface area contributed by atoms with Crippen molar-refractivity contribution in [3.8, 4) is 0 Å². The average Bonchev–Trinajstić information content (AvgIpc) is 2.94. The van der Waals surface area contributed by atoms with Crippen LogP contribution in [-0.2, 0) is 24.9 Å². The molecule has 0 radical (unpaired) electrons. The lowest BCUT2D eigenvalue weighted by Gasteiger charge is -2.32. The third-order valence-electron chi connectivity index (χ3n) is 4.72. The molecule has 2 aromatic rings. The molecule has 1 aromatic carbocycles. The molecule has 1 aliphatic rings. The van der Waals surface area contributed by atoms with E-state index in [9.17, 15) is 9.59 Å². The molecule has 25 heavy (non-hydrogen) atoms. The number of hydrogen-bond donors (Lipinski definition) is 1. The van der Waals surface area contributed by atoms with Crippen LogP contribution in [-0.4, -0.2) is 44.8 Å². The van der Waals surface area contributed by atoms with Gasteiger partial charge in [-0.25, -0.2) is 9.48 Å². The average molecular weight is 343 g/mol. The quantitative estimate of drug-likeness (QED) is 0.834. The van der Waals surface area contributed by atoms with E-state index < -0.39 is 0 Å². The van der Waals surface area contributed by atoms with E-state index >= 15 is 0 Å². The largest absolute Gasteiger partial charge is 0.354 e. The molecule has 0 bridgehead atoms. The van der Waals surface area contributed by atoms with Crippen molar-refractivity contribution in [1.82, 2.24) is 24.6 Å². The van der Waals surface area contributed by atoms with Crippen LogP contribution in [0, 0.1) is 5.92 Å². The number of piperidine rings is 1. The summed E-state index contributed by atoms with van der Waals surface area (Å²) in [7, 11) is 1.62. The molecule has 0 saturated carbocycles. The van der Waals surface area contributed by atoms with Gasteiger partial charge in [-0.3, -0.25) is 14.3 Å². The molecular weight excluding hydrogens is 318 g/mol. The minimum absolute atomic E-state index is 0.0213. The number of aryl methyl sites for hydroxylation is 1. The molecule has 3 rings (SSSR count). The maximum absolute atomic E-state index is 12.0. The molecular formula is C18H25N5O2. The van der Waals surface area contributed by atoms with E-state index in [0.29, 0.717) is 12.5 Å². The molecule has 1 aliphatic heterocycles. The van der Waals surface area contributed by atoms with Crippen molar-refractivity contribution in [2.45, 2.75) is 25.9 Å². The van der Waals surface area contributed by atoms with Gasteiger partial charge in [0.05, 0.1) is 0 Å². The smallest absolute Gasteiger partial charge is 0.345 e. The first-order valence-corrected chi connectivity index (χ1v) is 8.73. The Kier molecular flexibility index (Phi) is 5.65. The van der Waals surface area contributed by atoms with E-state index in [0.717, 1.165) is 32.5 Å². The molecule has 1 aromatic heterocycles. The third-order valence-corrected chi connectivity index (χ3v) is 4.72. The second-order valence-corrected chi connectivity index (χ2v) is 6.69. The summed E-state index contributed by atoms with van der Waals surface area (Å²) >= 11 is 0. The summed E-state index contributed by atoms with van der Waals surface area (Å²) in [6.07, 6.45) is 3.57. The van der Waals surface area contributed by atoms with Gasteiger partial charge in [0, 0.05) is 20.1 Å². The number of amides is 1. The van der Waals surface area contributed by atoms with Gasteiger partial charge in [0.15, 0.2) is 0 Å². The fraction of sp³-hybridized carbons (Fsp3) is 0.500. The highest BCUT2D eigenvalue weighted by Crippen LogP contribution is 2.18. The summed E-state index contributed by atoms with van der Waals surface area (Å²) in [6.45, 7) is 3.74. The van der Waals surface area contributed by atoms with E-state index in [1.165, 1.54) is 21.1 Å². The van der Waals surface area contributed by atoms with Crippen molar-refractivity contribution in [3.63, 3.8) is 0 Å².